The van der Waals surface area contributed by atoms with Crippen molar-refractivity contribution in [1.82, 2.24) is 20.5 Å². The maximum Gasteiger partial charge on any atom is 0.332 e. The number of thiazole rings is 1. The summed E-state index contributed by atoms with van der Waals surface area (Å²) in [5.74, 6) is -1.73. The average molecular weight is 707 g/mol. The quantitative estimate of drug-likeness (QED) is 0.135. The van der Waals surface area contributed by atoms with Crippen LogP contribution in [0.2, 0.25) is 0 Å². The lowest BCUT2D eigenvalue weighted by molar-refractivity contribution is -0.149. The number of carbonyl (C=O) groups excluding carboxylic acids is 4. The van der Waals surface area contributed by atoms with Crippen LogP contribution in [-0.2, 0) is 49.4 Å². The van der Waals surface area contributed by atoms with Crippen molar-refractivity contribution in [3.05, 3.63) is 41.0 Å². The number of aliphatic hydroxyl groups is 1. The standard InChI is InChI=1S/C34H50N4O10S/c1-6-48-29(41)21-47-16-14-45-12-11-44-13-15-46-20-28(40)37-31(34(3,4)5)33(43)38-19-26(39)17-27(38)32(42)35-18-24-7-9-25(10-8-24)30-23(2)36-22-49-30/h7-10,22,26-27,31,39H,6,11-21H2,1-5H3,(H,35,42)(H,37,40). The lowest BCUT2D eigenvalue weighted by atomic mass is 9.85. The van der Waals surface area contributed by atoms with E-state index in [1.54, 1.807) is 18.3 Å². The maximum absolute atomic E-state index is 13.8. The van der Waals surface area contributed by atoms with Gasteiger partial charge in [0, 0.05) is 19.5 Å². The van der Waals surface area contributed by atoms with Crippen molar-refractivity contribution in [1.29, 1.82) is 0 Å². The van der Waals surface area contributed by atoms with Gasteiger partial charge in [0.15, 0.2) is 0 Å². The highest BCUT2D eigenvalue weighted by molar-refractivity contribution is 7.13. The number of amides is 3. The fraction of sp³-hybridized carbons (Fsp3) is 0.618. The highest BCUT2D eigenvalue weighted by Crippen LogP contribution is 2.28. The maximum atomic E-state index is 13.8. The van der Waals surface area contributed by atoms with E-state index in [0.717, 1.165) is 21.7 Å². The topological polar surface area (TPSA) is 175 Å². The number of aryl methyl sites for hydroxylation is 1. The molecule has 3 unspecified atom stereocenters. The molecule has 49 heavy (non-hydrogen) atoms. The monoisotopic (exact) mass is 706 g/mol. The third kappa shape index (κ3) is 13.4. The molecule has 1 aromatic carbocycles. The predicted octanol–water partition coefficient (Wildman–Crippen LogP) is 1.86. The number of rotatable bonds is 20. The van der Waals surface area contributed by atoms with Crippen molar-refractivity contribution < 1.29 is 48.0 Å². The van der Waals surface area contributed by atoms with Crippen molar-refractivity contribution in [3.63, 3.8) is 0 Å². The molecule has 3 amide bonds. The number of ether oxygens (including phenoxy) is 5. The predicted molar refractivity (Wildman–Crippen MR) is 182 cm³/mol. The summed E-state index contributed by atoms with van der Waals surface area (Å²) in [5.41, 5.74) is 4.02. The molecule has 15 heteroatoms. The molecular formula is C34H50N4O10S. The second-order valence-corrected chi connectivity index (χ2v) is 13.4. The van der Waals surface area contributed by atoms with Crippen LogP contribution in [0.3, 0.4) is 0 Å². The second kappa shape index (κ2) is 20.3. The Kier molecular flexibility index (Phi) is 16.5. The second-order valence-electron chi connectivity index (χ2n) is 12.6. The molecular weight excluding hydrogens is 656 g/mol. The number of nitrogens with zero attached hydrogens (tertiary/aromatic N) is 2. The molecule has 1 aliphatic rings. The summed E-state index contributed by atoms with van der Waals surface area (Å²) in [6.45, 7) is 10.9. The average Bonchev–Trinajstić information content (AvgIpc) is 3.67. The Morgan fingerprint density at radius 3 is 2.16 bits per heavy atom. The van der Waals surface area contributed by atoms with Gasteiger partial charge in [-0.15, -0.1) is 11.3 Å². The number of esters is 1. The van der Waals surface area contributed by atoms with E-state index in [9.17, 15) is 24.3 Å². The Balaban J connectivity index is 1.39. The Morgan fingerprint density at radius 2 is 1.59 bits per heavy atom. The number of aliphatic hydroxyl groups excluding tert-OH is 1. The molecule has 0 radical (unpaired) electrons. The summed E-state index contributed by atoms with van der Waals surface area (Å²) in [4.78, 5) is 57.7. The number of aromatic nitrogens is 1. The van der Waals surface area contributed by atoms with Gasteiger partial charge in [-0.05, 0) is 30.4 Å². The van der Waals surface area contributed by atoms with E-state index in [0.29, 0.717) is 26.4 Å². The Labute approximate surface area is 291 Å². The molecule has 0 aliphatic carbocycles. The summed E-state index contributed by atoms with van der Waals surface area (Å²) < 4.78 is 26.1. The molecule has 0 saturated carbocycles. The molecule has 2 heterocycles. The molecule has 14 nitrogen and oxygen atoms in total. The van der Waals surface area contributed by atoms with Crippen LogP contribution in [0, 0.1) is 12.3 Å². The first-order valence-corrected chi connectivity index (χ1v) is 17.3. The van der Waals surface area contributed by atoms with E-state index in [1.165, 1.54) is 4.90 Å². The van der Waals surface area contributed by atoms with Crippen molar-refractivity contribution in [2.24, 2.45) is 5.41 Å². The molecule has 272 valence electrons. The normalized spacial score (nSPS) is 16.7. The molecule has 3 rings (SSSR count). The van der Waals surface area contributed by atoms with Gasteiger partial charge in [-0.25, -0.2) is 9.78 Å². The highest BCUT2D eigenvalue weighted by Gasteiger charge is 2.44. The van der Waals surface area contributed by atoms with Crippen molar-refractivity contribution in [2.45, 2.75) is 65.8 Å². The lowest BCUT2D eigenvalue weighted by Gasteiger charge is -2.35. The minimum atomic E-state index is -0.957. The van der Waals surface area contributed by atoms with E-state index in [1.807, 2.05) is 57.5 Å². The Morgan fingerprint density at radius 1 is 0.980 bits per heavy atom. The first-order valence-electron chi connectivity index (χ1n) is 16.4. The largest absolute Gasteiger partial charge is 0.464 e. The summed E-state index contributed by atoms with van der Waals surface area (Å²) in [7, 11) is 0. The molecule has 1 aromatic heterocycles. The summed E-state index contributed by atoms with van der Waals surface area (Å²) >= 11 is 1.57. The van der Waals surface area contributed by atoms with Gasteiger partial charge in [-0.1, -0.05) is 45.0 Å². The molecule has 2 aromatic rings. The van der Waals surface area contributed by atoms with Gasteiger partial charge in [0.1, 0.15) is 25.3 Å². The molecule has 1 fully saturated rings. The lowest BCUT2D eigenvalue weighted by Crippen LogP contribution is -2.58. The number of β-amino-alcohol motifs (C(OH)–C–C–N with tert-alkyl or cyclic N) is 1. The van der Waals surface area contributed by atoms with Gasteiger partial charge < -0.3 is 44.3 Å². The molecule has 0 spiro atoms. The van der Waals surface area contributed by atoms with Crippen LogP contribution < -0.4 is 10.6 Å². The van der Waals surface area contributed by atoms with Gasteiger partial charge in [-0.2, -0.15) is 0 Å². The van der Waals surface area contributed by atoms with Crippen molar-refractivity contribution >= 4 is 35.0 Å². The number of nitrogens with one attached hydrogen (secondary N) is 2. The summed E-state index contributed by atoms with van der Waals surface area (Å²) in [6.07, 6.45) is -0.764. The zero-order chi connectivity index (χ0) is 35.8. The smallest absolute Gasteiger partial charge is 0.332 e. The van der Waals surface area contributed by atoms with E-state index < -0.39 is 41.4 Å². The molecule has 0 bridgehead atoms. The number of carbonyl (C=O) groups is 4. The zero-order valence-electron chi connectivity index (χ0n) is 29.0. The van der Waals surface area contributed by atoms with E-state index in [4.69, 9.17) is 23.7 Å². The van der Waals surface area contributed by atoms with Gasteiger partial charge in [0.2, 0.25) is 17.7 Å². The minimum absolute atomic E-state index is 0.0135. The first kappa shape index (κ1) is 40.0. The molecule has 3 N–H and O–H groups in total. The van der Waals surface area contributed by atoms with Crippen LogP contribution in [0.5, 0.6) is 0 Å². The van der Waals surface area contributed by atoms with E-state index in [-0.39, 0.29) is 58.5 Å². The number of likely N-dealkylation sites (tertiary alicyclic amines) is 1. The first-order chi connectivity index (χ1) is 23.4. The molecule has 1 aliphatic heterocycles. The minimum Gasteiger partial charge on any atom is -0.464 e. The van der Waals surface area contributed by atoms with Crippen LogP contribution >= 0.6 is 11.3 Å². The third-order valence-corrected chi connectivity index (χ3v) is 8.56. The SMILES string of the molecule is CCOC(=O)COCCOCCOCCOCC(=O)NC(C(=O)N1CC(O)CC1C(=O)NCc1ccc(-c2scnc2C)cc1)C(C)(C)C. The molecule has 3 atom stereocenters. The highest BCUT2D eigenvalue weighted by atomic mass is 32.1. The van der Waals surface area contributed by atoms with E-state index in [2.05, 4.69) is 15.6 Å². The fourth-order valence-electron chi connectivity index (χ4n) is 5.06. The number of hydrogen-bond donors (Lipinski definition) is 3. The van der Waals surface area contributed by atoms with Crippen molar-refractivity contribution in [2.75, 3.05) is 66.0 Å². The van der Waals surface area contributed by atoms with Gasteiger partial charge in [0.05, 0.1) is 68.4 Å². The number of hydrogen-bond acceptors (Lipinski definition) is 12. The van der Waals surface area contributed by atoms with E-state index >= 15 is 0 Å². The van der Waals surface area contributed by atoms with Crippen LogP contribution in [-0.4, -0.2) is 123 Å². The van der Waals surface area contributed by atoms with Crippen LogP contribution in [0.25, 0.3) is 10.4 Å². The summed E-state index contributed by atoms with van der Waals surface area (Å²) in [5, 5.41) is 16.1. The van der Waals surface area contributed by atoms with Gasteiger partial charge in [0.25, 0.3) is 0 Å². The fourth-order valence-corrected chi connectivity index (χ4v) is 5.88. The Hall–Kier alpha value is -3.47. The van der Waals surface area contributed by atoms with Gasteiger partial charge in [-0.3, -0.25) is 14.4 Å². The van der Waals surface area contributed by atoms with Crippen molar-refractivity contribution in [3.8, 4) is 10.4 Å². The van der Waals surface area contributed by atoms with Crippen LogP contribution in [0.4, 0.5) is 0 Å². The molecule has 1 saturated heterocycles. The third-order valence-electron chi connectivity index (χ3n) is 7.59. The van der Waals surface area contributed by atoms with Crippen LogP contribution in [0.15, 0.2) is 29.8 Å². The van der Waals surface area contributed by atoms with Crippen LogP contribution in [0.1, 0.15) is 45.4 Å². The zero-order valence-corrected chi connectivity index (χ0v) is 29.8. The number of benzene rings is 1. The summed E-state index contributed by atoms with van der Waals surface area (Å²) in [6, 6.07) is 6.01. The Bertz CT molecular complexity index is 1350. The van der Waals surface area contributed by atoms with Gasteiger partial charge >= 0.3 is 5.97 Å².